The monoisotopic (exact) mass is 632 g/mol. The van der Waals surface area contributed by atoms with Gasteiger partial charge in [0.1, 0.15) is 0 Å². The smallest absolute Gasteiger partial charge is 0.247 e. The number of aromatic nitrogens is 1. The topological polar surface area (TPSA) is 8.17 Å². The molecule has 0 unspecified atom stereocenters. The number of rotatable bonds is 2. The standard InChI is InChI=1S/C46H41BN2/c1-44(2)28-45(3,4)34-27-38-35(26-33(34)44)46(5,6)36-24-30(49-39-21-13-10-18-31(39)32-19-11-14-22-40(32)49)25-42-43(36)47(38)37-20-12-15-23-41(37)48(42)29-16-8-7-9-17-29/h7-27H,28H2,1-6H3. The van der Waals surface area contributed by atoms with Crippen molar-refractivity contribution in [1.29, 1.82) is 0 Å². The molecular formula is C46H41BN2. The van der Waals surface area contributed by atoms with Crippen LogP contribution in [-0.4, -0.2) is 11.3 Å². The molecule has 0 bridgehead atoms. The minimum Gasteiger partial charge on any atom is -0.311 e. The van der Waals surface area contributed by atoms with Crippen LogP contribution in [0.5, 0.6) is 0 Å². The van der Waals surface area contributed by atoms with E-state index in [-0.39, 0.29) is 23.0 Å². The van der Waals surface area contributed by atoms with Crippen LogP contribution in [0, 0.1) is 0 Å². The summed E-state index contributed by atoms with van der Waals surface area (Å²) in [6.45, 7) is 14.9. The average Bonchev–Trinajstić information content (AvgIpc) is 3.52. The number of anilines is 3. The fourth-order valence-electron chi connectivity index (χ4n) is 10.3. The first kappa shape index (κ1) is 28.9. The molecule has 0 spiro atoms. The minimum atomic E-state index is -0.211. The number of benzene rings is 6. The SMILES string of the molecule is CC1(C)CC(C)(C)c2cc3c(cc21)B1c2ccccc2N(c2ccccc2)c2cc(-n4c5ccccc5c5ccccc54)cc(c21)C3(C)C. The Labute approximate surface area is 290 Å². The zero-order valence-corrected chi connectivity index (χ0v) is 29.3. The van der Waals surface area contributed by atoms with E-state index in [1.165, 1.54) is 83.2 Å². The first-order chi connectivity index (χ1) is 23.6. The van der Waals surface area contributed by atoms with Gasteiger partial charge in [-0.2, -0.15) is 0 Å². The van der Waals surface area contributed by atoms with Gasteiger partial charge >= 0.3 is 0 Å². The Kier molecular flexibility index (Phi) is 5.65. The summed E-state index contributed by atoms with van der Waals surface area (Å²) in [7, 11) is 0. The lowest BCUT2D eigenvalue weighted by molar-refractivity contribution is 0.403. The highest BCUT2D eigenvalue weighted by molar-refractivity contribution is 6.99. The number of para-hydroxylation sites is 4. The molecule has 0 amide bonds. The van der Waals surface area contributed by atoms with E-state index in [9.17, 15) is 0 Å². The first-order valence-corrected chi connectivity index (χ1v) is 17.9. The summed E-state index contributed by atoms with van der Waals surface area (Å²) in [5.41, 5.74) is 17.7. The van der Waals surface area contributed by atoms with E-state index in [0.717, 1.165) is 6.42 Å². The molecule has 3 heterocycles. The van der Waals surface area contributed by atoms with Crippen molar-refractivity contribution in [1.82, 2.24) is 4.57 Å². The molecule has 0 saturated carbocycles. The van der Waals surface area contributed by atoms with Gasteiger partial charge in [-0.15, -0.1) is 0 Å². The highest BCUT2D eigenvalue weighted by Crippen LogP contribution is 2.52. The Morgan fingerprint density at radius 1 is 0.490 bits per heavy atom. The van der Waals surface area contributed by atoms with E-state index in [1.807, 2.05) is 0 Å². The van der Waals surface area contributed by atoms with E-state index in [0.29, 0.717) is 0 Å². The van der Waals surface area contributed by atoms with Gasteiger partial charge in [-0.1, -0.05) is 132 Å². The number of nitrogens with zero attached hydrogens (tertiary/aromatic N) is 2. The van der Waals surface area contributed by atoms with E-state index in [2.05, 4.69) is 178 Å². The van der Waals surface area contributed by atoms with Crippen molar-refractivity contribution < 1.29 is 0 Å². The number of hydrogen-bond donors (Lipinski definition) is 0. The summed E-state index contributed by atoms with van der Waals surface area (Å²) in [6.07, 6.45) is 1.16. The maximum absolute atomic E-state index is 2.63. The quantitative estimate of drug-likeness (QED) is 0.172. The lowest BCUT2D eigenvalue weighted by Crippen LogP contribution is -2.64. The first-order valence-electron chi connectivity index (χ1n) is 17.9. The summed E-state index contributed by atoms with van der Waals surface area (Å²) in [6, 6.07) is 48.2. The summed E-state index contributed by atoms with van der Waals surface area (Å²) in [4.78, 5) is 2.53. The van der Waals surface area contributed by atoms with Crippen LogP contribution in [0.4, 0.5) is 17.1 Å². The van der Waals surface area contributed by atoms with Gasteiger partial charge in [-0.25, -0.2) is 0 Å². The molecule has 10 rings (SSSR count). The molecule has 3 heteroatoms. The molecular weight excluding hydrogens is 591 g/mol. The average molecular weight is 633 g/mol. The van der Waals surface area contributed by atoms with Crippen molar-refractivity contribution >= 4 is 62.0 Å². The molecule has 2 aliphatic heterocycles. The summed E-state index contributed by atoms with van der Waals surface area (Å²) >= 11 is 0. The molecule has 238 valence electrons. The Morgan fingerprint density at radius 2 is 1.08 bits per heavy atom. The fourth-order valence-corrected chi connectivity index (χ4v) is 10.3. The van der Waals surface area contributed by atoms with E-state index in [1.54, 1.807) is 0 Å². The molecule has 0 atom stereocenters. The molecule has 2 nitrogen and oxygen atoms in total. The molecule has 1 aromatic heterocycles. The van der Waals surface area contributed by atoms with Crippen molar-refractivity contribution in [2.75, 3.05) is 4.90 Å². The molecule has 0 saturated heterocycles. The van der Waals surface area contributed by atoms with Gasteiger partial charge in [-0.05, 0) is 92.9 Å². The van der Waals surface area contributed by atoms with Crippen molar-refractivity contribution in [2.24, 2.45) is 0 Å². The maximum Gasteiger partial charge on any atom is 0.247 e. The van der Waals surface area contributed by atoms with Crippen molar-refractivity contribution in [3.8, 4) is 5.69 Å². The van der Waals surface area contributed by atoms with E-state index < -0.39 is 0 Å². The van der Waals surface area contributed by atoms with Crippen molar-refractivity contribution in [3.63, 3.8) is 0 Å². The van der Waals surface area contributed by atoms with Crippen molar-refractivity contribution in [2.45, 2.75) is 64.2 Å². The Hall–Kier alpha value is -5.02. The van der Waals surface area contributed by atoms with Gasteiger partial charge in [0, 0.05) is 38.9 Å². The zero-order valence-electron chi connectivity index (χ0n) is 29.3. The molecule has 1 aliphatic carbocycles. The third-order valence-corrected chi connectivity index (χ3v) is 12.2. The van der Waals surface area contributed by atoms with Gasteiger partial charge < -0.3 is 9.47 Å². The van der Waals surface area contributed by atoms with Crippen LogP contribution < -0.4 is 21.3 Å². The van der Waals surface area contributed by atoms with Crippen LogP contribution in [0.2, 0.25) is 0 Å². The summed E-state index contributed by atoms with van der Waals surface area (Å²) in [5.74, 6) is 0. The van der Waals surface area contributed by atoms with Gasteiger partial charge in [0.15, 0.2) is 0 Å². The third-order valence-electron chi connectivity index (χ3n) is 12.2. The largest absolute Gasteiger partial charge is 0.311 e. The molecule has 0 radical (unpaired) electrons. The van der Waals surface area contributed by atoms with Gasteiger partial charge in [0.05, 0.1) is 11.0 Å². The Balaban J connectivity index is 1.35. The second-order valence-electron chi connectivity index (χ2n) is 16.5. The van der Waals surface area contributed by atoms with Gasteiger partial charge in [-0.3, -0.25) is 0 Å². The lowest BCUT2D eigenvalue weighted by atomic mass is 9.30. The van der Waals surface area contributed by atoms with Crippen LogP contribution in [0.3, 0.4) is 0 Å². The van der Waals surface area contributed by atoms with Crippen LogP contribution in [0.15, 0.2) is 127 Å². The predicted octanol–water partition coefficient (Wildman–Crippen LogP) is 9.68. The molecule has 0 N–H and O–H groups in total. The molecule has 6 aromatic carbocycles. The van der Waals surface area contributed by atoms with E-state index in [4.69, 9.17) is 0 Å². The second kappa shape index (κ2) is 9.57. The van der Waals surface area contributed by atoms with Gasteiger partial charge in [0.2, 0.25) is 6.71 Å². The Morgan fingerprint density at radius 3 is 1.78 bits per heavy atom. The minimum absolute atomic E-state index is 0.131. The molecule has 0 fully saturated rings. The van der Waals surface area contributed by atoms with Crippen LogP contribution >= 0.6 is 0 Å². The highest BCUT2D eigenvalue weighted by Gasteiger charge is 2.49. The summed E-state index contributed by atoms with van der Waals surface area (Å²) in [5, 5.41) is 2.58. The van der Waals surface area contributed by atoms with Crippen molar-refractivity contribution in [3.05, 3.63) is 150 Å². The normalized spacial score (nSPS) is 17.5. The van der Waals surface area contributed by atoms with Crippen LogP contribution in [0.25, 0.3) is 27.5 Å². The van der Waals surface area contributed by atoms with Crippen LogP contribution in [-0.2, 0) is 16.2 Å². The second-order valence-corrected chi connectivity index (χ2v) is 16.5. The number of fused-ring (bicyclic) bond motifs is 8. The third kappa shape index (κ3) is 3.79. The molecule has 7 aromatic rings. The fraction of sp³-hybridized carbons (Fsp3) is 0.217. The van der Waals surface area contributed by atoms with E-state index >= 15 is 0 Å². The number of hydrogen-bond acceptors (Lipinski definition) is 1. The molecule has 49 heavy (non-hydrogen) atoms. The summed E-state index contributed by atoms with van der Waals surface area (Å²) < 4.78 is 2.50. The maximum atomic E-state index is 2.63. The molecule has 3 aliphatic rings. The predicted molar refractivity (Wildman–Crippen MR) is 209 cm³/mol. The van der Waals surface area contributed by atoms with Crippen LogP contribution in [0.1, 0.15) is 70.2 Å². The zero-order chi connectivity index (χ0) is 33.4. The lowest BCUT2D eigenvalue weighted by Gasteiger charge is -2.46. The Bertz CT molecular complexity index is 2460. The van der Waals surface area contributed by atoms with Gasteiger partial charge in [0.25, 0.3) is 0 Å². The highest BCUT2D eigenvalue weighted by atomic mass is 15.2.